The number of aliphatic hydroxyl groups is 2. The van der Waals surface area contributed by atoms with E-state index in [-0.39, 0.29) is 6.10 Å². The molecule has 2 unspecified atom stereocenters. The second kappa shape index (κ2) is 7.73. The van der Waals surface area contributed by atoms with Gasteiger partial charge in [-0.2, -0.15) is 0 Å². The van der Waals surface area contributed by atoms with Crippen molar-refractivity contribution in [1.29, 1.82) is 0 Å². The molecule has 0 aromatic heterocycles. The van der Waals surface area contributed by atoms with Crippen LogP contribution < -0.4 is 11.3 Å². The van der Waals surface area contributed by atoms with Crippen molar-refractivity contribution in [1.82, 2.24) is 5.43 Å². The summed E-state index contributed by atoms with van der Waals surface area (Å²) in [5, 5.41) is 18.1. The first-order valence-electron chi connectivity index (χ1n) is 4.94. The molecular formula is C9H20N2O3. The lowest BCUT2D eigenvalue weighted by Gasteiger charge is -2.08. The molecule has 0 spiro atoms. The van der Waals surface area contributed by atoms with Crippen LogP contribution in [0.4, 0.5) is 0 Å². The monoisotopic (exact) mass is 204 g/mol. The van der Waals surface area contributed by atoms with E-state index >= 15 is 0 Å². The smallest absolute Gasteiger partial charge is 0.262 e. The summed E-state index contributed by atoms with van der Waals surface area (Å²) in [5.41, 5.74) is 1.89. The lowest BCUT2D eigenvalue weighted by Crippen LogP contribution is -2.38. The molecule has 0 aromatic rings. The van der Waals surface area contributed by atoms with Crippen LogP contribution in [-0.4, -0.2) is 28.3 Å². The maximum Gasteiger partial charge on any atom is 0.262 e. The van der Waals surface area contributed by atoms with Gasteiger partial charge in [-0.1, -0.05) is 19.3 Å². The summed E-state index contributed by atoms with van der Waals surface area (Å²) in [6.45, 7) is 1.75. The van der Waals surface area contributed by atoms with Gasteiger partial charge in [0.2, 0.25) is 0 Å². The largest absolute Gasteiger partial charge is 0.393 e. The zero-order valence-electron chi connectivity index (χ0n) is 8.57. The fourth-order valence-corrected chi connectivity index (χ4v) is 1.18. The molecule has 5 N–H and O–H groups in total. The van der Waals surface area contributed by atoms with Crippen LogP contribution >= 0.6 is 0 Å². The van der Waals surface area contributed by atoms with Crippen molar-refractivity contribution in [2.45, 2.75) is 51.2 Å². The second-order valence-corrected chi connectivity index (χ2v) is 3.51. The quantitative estimate of drug-likeness (QED) is 0.197. The first kappa shape index (κ1) is 13.4. The summed E-state index contributed by atoms with van der Waals surface area (Å²) in [6.07, 6.45) is 2.48. The van der Waals surface area contributed by atoms with Crippen LogP contribution in [0, 0.1) is 0 Å². The summed E-state index contributed by atoms with van der Waals surface area (Å²) < 4.78 is 0. The molecule has 84 valence electrons. The molecule has 0 aliphatic rings. The standard InChI is InChI=1S/C9H20N2O3/c1-7(12)5-3-2-4-6-8(13)9(14)11-10/h7-8,12-13H,2-6,10H2,1H3,(H,11,14). The van der Waals surface area contributed by atoms with Gasteiger partial charge >= 0.3 is 0 Å². The van der Waals surface area contributed by atoms with Gasteiger partial charge in [-0.15, -0.1) is 0 Å². The van der Waals surface area contributed by atoms with Gasteiger partial charge in [0.05, 0.1) is 6.10 Å². The Kier molecular flexibility index (Phi) is 7.37. The number of rotatable bonds is 7. The maximum atomic E-state index is 10.8. The van der Waals surface area contributed by atoms with Gasteiger partial charge < -0.3 is 10.2 Å². The number of carbonyl (C=O) groups is 1. The highest BCUT2D eigenvalue weighted by Crippen LogP contribution is 2.07. The first-order valence-corrected chi connectivity index (χ1v) is 4.94. The number of hydrogen-bond acceptors (Lipinski definition) is 4. The van der Waals surface area contributed by atoms with Crippen LogP contribution in [0.2, 0.25) is 0 Å². The summed E-state index contributed by atoms with van der Waals surface area (Å²) in [7, 11) is 0. The number of hydrazine groups is 1. The average Bonchev–Trinajstić information content (AvgIpc) is 2.15. The average molecular weight is 204 g/mol. The Morgan fingerprint density at radius 1 is 1.29 bits per heavy atom. The van der Waals surface area contributed by atoms with Gasteiger partial charge in [0.1, 0.15) is 6.10 Å². The van der Waals surface area contributed by atoms with Crippen molar-refractivity contribution < 1.29 is 15.0 Å². The Hall–Kier alpha value is -0.650. The van der Waals surface area contributed by atoms with Gasteiger partial charge in [-0.25, -0.2) is 5.84 Å². The lowest BCUT2D eigenvalue weighted by atomic mass is 10.1. The zero-order chi connectivity index (χ0) is 11.0. The van der Waals surface area contributed by atoms with E-state index in [2.05, 4.69) is 0 Å². The molecule has 14 heavy (non-hydrogen) atoms. The van der Waals surface area contributed by atoms with Crippen molar-refractivity contribution >= 4 is 5.91 Å². The van der Waals surface area contributed by atoms with Gasteiger partial charge in [0, 0.05) is 0 Å². The van der Waals surface area contributed by atoms with E-state index in [0.717, 1.165) is 25.7 Å². The molecule has 0 saturated carbocycles. The Labute approximate surface area is 84.3 Å². The summed E-state index contributed by atoms with van der Waals surface area (Å²) >= 11 is 0. The predicted octanol–water partition coefficient (Wildman–Crippen LogP) is -0.331. The van der Waals surface area contributed by atoms with Gasteiger partial charge in [0.25, 0.3) is 5.91 Å². The minimum Gasteiger partial charge on any atom is -0.393 e. The molecule has 5 nitrogen and oxygen atoms in total. The van der Waals surface area contributed by atoms with E-state index in [1.165, 1.54) is 0 Å². The third-order valence-corrected chi connectivity index (χ3v) is 2.04. The molecule has 0 heterocycles. The van der Waals surface area contributed by atoms with Crippen LogP contribution in [0.25, 0.3) is 0 Å². The number of amides is 1. The lowest BCUT2D eigenvalue weighted by molar-refractivity contribution is -0.129. The number of nitrogens with one attached hydrogen (secondary N) is 1. The third kappa shape index (κ3) is 6.82. The predicted molar refractivity (Wildman–Crippen MR) is 53.1 cm³/mol. The fraction of sp³-hybridized carbons (Fsp3) is 0.889. The Morgan fingerprint density at radius 3 is 2.36 bits per heavy atom. The molecule has 0 rings (SSSR count). The maximum absolute atomic E-state index is 10.8. The highest BCUT2D eigenvalue weighted by Gasteiger charge is 2.12. The summed E-state index contributed by atoms with van der Waals surface area (Å²) in [4.78, 5) is 10.8. The molecule has 0 aromatic carbocycles. The van der Waals surface area contributed by atoms with E-state index in [1.54, 1.807) is 6.92 Å². The molecule has 2 atom stereocenters. The van der Waals surface area contributed by atoms with Crippen molar-refractivity contribution in [3.8, 4) is 0 Å². The third-order valence-electron chi connectivity index (χ3n) is 2.04. The fourth-order valence-electron chi connectivity index (χ4n) is 1.18. The minimum atomic E-state index is -1.01. The van der Waals surface area contributed by atoms with Crippen LogP contribution in [0.5, 0.6) is 0 Å². The van der Waals surface area contributed by atoms with Crippen LogP contribution in [0.3, 0.4) is 0 Å². The van der Waals surface area contributed by atoms with Gasteiger partial charge in [0.15, 0.2) is 0 Å². The topological polar surface area (TPSA) is 95.6 Å². The first-order chi connectivity index (χ1) is 6.57. The molecule has 1 amide bonds. The van der Waals surface area contributed by atoms with Gasteiger partial charge in [-0.05, 0) is 19.8 Å². The number of carbonyl (C=O) groups excluding carboxylic acids is 1. The van der Waals surface area contributed by atoms with Crippen LogP contribution in [0.1, 0.15) is 39.0 Å². The Balaban J connectivity index is 3.31. The molecule has 0 bridgehead atoms. The van der Waals surface area contributed by atoms with Gasteiger partial charge in [-0.3, -0.25) is 10.2 Å². The van der Waals surface area contributed by atoms with Crippen molar-refractivity contribution in [2.75, 3.05) is 0 Å². The number of nitrogens with two attached hydrogens (primary N) is 1. The highest BCUT2D eigenvalue weighted by molar-refractivity contribution is 5.79. The molecule has 0 aliphatic heterocycles. The van der Waals surface area contributed by atoms with E-state index in [9.17, 15) is 9.90 Å². The van der Waals surface area contributed by atoms with Crippen molar-refractivity contribution in [2.24, 2.45) is 5.84 Å². The summed E-state index contributed by atoms with van der Waals surface area (Å²) in [5.74, 6) is 4.31. The minimum absolute atomic E-state index is 0.271. The zero-order valence-corrected chi connectivity index (χ0v) is 8.57. The molecule has 0 aliphatic carbocycles. The molecular weight excluding hydrogens is 184 g/mol. The molecule has 5 heteroatoms. The number of unbranched alkanes of at least 4 members (excludes halogenated alkanes) is 2. The number of aliphatic hydroxyl groups excluding tert-OH is 2. The molecule has 0 fully saturated rings. The number of hydrogen-bond donors (Lipinski definition) is 4. The van der Waals surface area contributed by atoms with Crippen LogP contribution in [-0.2, 0) is 4.79 Å². The van der Waals surface area contributed by atoms with E-state index in [1.807, 2.05) is 5.43 Å². The van der Waals surface area contributed by atoms with Crippen molar-refractivity contribution in [3.05, 3.63) is 0 Å². The second-order valence-electron chi connectivity index (χ2n) is 3.51. The van der Waals surface area contributed by atoms with Crippen LogP contribution in [0.15, 0.2) is 0 Å². The normalized spacial score (nSPS) is 14.9. The van der Waals surface area contributed by atoms with E-state index in [0.29, 0.717) is 6.42 Å². The summed E-state index contributed by atoms with van der Waals surface area (Å²) in [6, 6.07) is 0. The Morgan fingerprint density at radius 2 is 1.86 bits per heavy atom. The SMILES string of the molecule is CC(O)CCCCCC(O)C(=O)NN. The highest BCUT2D eigenvalue weighted by atomic mass is 16.3. The Bertz CT molecular complexity index is 162. The molecule has 0 radical (unpaired) electrons. The van der Waals surface area contributed by atoms with E-state index < -0.39 is 12.0 Å². The molecule has 0 saturated heterocycles. The van der Waals surface area contributed by atoms with Crippen molar-refractivity contribution in [3.63, 3.8) is 0 Å². The van der Waals surface area contributed by atoms with E-state index in [4.69, 9.17) is 10.9 Å².